The third-order valence-electron chi connectivity index (χ3n) is 6.23. The van der Waals surface area contributed by atoms with Crippen molar-refractivity contribution in [3.63, 3.8) is 0 Å². The molecule has 0 aromatic heterocycles. The Morgan fingerprint density at radius 2 is 1.71 bits per heavy atom. The predicted molar refractivity (Wildman–Crippen MR) is 130 cm³/mol. The summed E-state index contributed by atoms with van der Waals surface area (Å²) in [4.78, 5) is 29.6. The molecule has 4 nitrogen and oxygen atoms in total. The molecule has 0 aliphatic carbocycles. The van der Waals surface area contributed by atoms with E-state index >= 15 is 0 Å². The van der Waals surface area contributed by atoms with Crippen LogP contribution in [0.15, 0.2) is 47.4 Å². The van der Waals surface area contributed by atoms with Gasteiger partial charge >= 0.3 is 0 Å². The van der Waals surface area contributed by atoms with Gasteiger partial charge in [0.25, 0.3) is 11.1 Å². The number of rotatable bonds is 3. The number of carbonyl (C=O) groups excluding carboxylic acids is 2. The van der Waals surface area contributed by atoms with E-state index in [0.717, 1.165) is 39.6 Å². The first kappa shape index (κ1) is 21.4. The largest absolute Gasteiger partial charge is 0.365 e. The average Bonchev–Trinajstić information content (AvgIpc) is 2.96. The minimum absolute atomic E-state index is 0.0519. The lowest BCUT2D eigenvalue weighted by atomic mass is 9.87. The first-order valence-corrected chi connectivity index (χ1v) is 11.3. The van der Waals surface area contributed by atoms with Crippen LogP contribution < -0.4 is 4.90 Å². The molecule has 0 atom stereocenters. The van der Waals surface area contributed by atoms with E-state index in [-0.39, 0.29) is 16.7 Å². The first-order valence-electron chi connectivity index (χ1n) is 10.5. The molecule has 0 unspecified atom stereocenters. The number of amides is 2. The summed E-state index contributed by atoms with van der Waals surface area (Å²) in [5.41, 5.74) is 7.68. The minimum Gasteiger partial charge on any atom is -0.365 e. The van der Waals surface area contributed by atoms with Gasteiger partial charge in [-0.1, -0.05) is 35.9 Å². The molecule has 5 heteroatoms. The van der Waals surface area contributed by atoms with Gasteiger partial charge in [0.15, 0.2) is 0 Å². The molecule has 0 radical (unpaired) electrons. The van der Waals surface area contributed by atoms with E-state index in [1.807, 2.05) is 37.3 Å². The maximum absolute atomic E-state index is 13.0. The molecule has 2 aliphatic heterocycles. The fourth-order valence-electron chi connectivity index (χ4n) is 4.13. The SMILES string of the molecule is CC1=CC(C)(C)N(C)c2cc(C)c(/C=C3\SC(=O)N(Cc4ccc(C)cc4)C3=O)cc21. The standard InChI is InChI=1S/C26H28N2O2S/c1-16-7-9-19(10-8-16)15-28-24(29)23(31-25(28)30)13-20-12-21-18(3)14-26(4,5)27(6)22(21)11-17(20)2/h7-14H,15H2,1-6H3/b23-13-. The van der Waals surface area contributed by atoms with Gasteiger partial charge in [-0.15, -0.1) is 0 Å². The van der Waals surface area contributed by atoms with Crippen LogP contribution in [0.3, 0.4) is 0 Å². The lowest BCUT2D eigenvalue weighted by molar-refractivity contribution is -0.123. The van der Waals surface area contributed by atoms with E-state index in [4.69, 9.17) is 0 Å². The predicted octanol–water partition coefficient (Wildman–Crippen LogP) is 6.17. The molecule has 4 rings (SSSR count). The van der Waals surface area contributed by atoms with Crippen LogP contribution >= 0.6 is 11.8 Å². The fourth-order valence-corrected chi connectivity index (χ4v) is 4.96. The molecular formula is C26H28N2O2S. The second kappa shape index (κ2) is 7.72. The van der Waals surface area contributed by atoms with Crippen LogP contribution in [-0.2, 0) is 11.3 Å². The number of fused-ring (bicyclic) bond motifs is 1. The monoisotopic (exact) mass is 432 g/mol. The quantitative estimate of drug-likeness (QED) is 0.544. The number of imide groups is 1. The van der Waals surface area contributed by atoms with E-state index in [0.29, 0.717) is 11.4 Å². The number of carbonyl (C=O) groups is 2. The Balaban J connectivity index is 1.65. The highest BCUT2D eigenvalue weighted by molar-refractivity contribution is 8.18. The number of anilines is 1. The van der Waals surface area contributed by atoms with Crippen molar-refractivity contribution in [2.24, 2.45) is 0 Å². The molecule has 2 aliphatic rings. The van der Waals surface area contributed by atoms with Crippen LogP contribution in [0.5, 0.6) is 0 Å². The molecular weight excluding hydrogens is 404 g/mol. The van der Waals surface area contributed by atoms with Crippen LogP contribution in [-0.4, -0.2) is 28.6 Å². The van der Waals surface area contributed by atoms with Gasteiger partial charge in [0, 0.05) is 18.3 Å². The van der Waals surface area contributed by atoms with Crippen molar-refractivity contribution >= 4 is 40.2 Å². The maximum atomic E-state index is 13.0. The van der Waals surface area contributed by atoms with Crippen LogP contribution in [0.4, 0.5) is 10.5 Å². The van der Waals surface area contributed by atoms with E-state index < -0.39 is 0 Å². The Kier molecular flexibility index (Phi) is 5.34. The number of likely N-dealkylation sites (N-methyl/N-ethyl adjacent to an activating group) is 1. The summed E-state index contributed by atoms with van der Waals surface area (Å²) in [6.07, 6.45) is 4.13. The molecule has 2 aromatic rings. The lowest BCUT2D eigenvalue weighted by Crippen LogP contribution is -2.42. The Bertz CT molecular complexity index is 1140. The van der Waals surface area contributed by atoms with E-state index in [1.54, 1.807) is 0 Å². The molecule has 1 fully saturated rings. The molecule has 2 aromatic carbocycles. The Morgan fingerprint density at radius 3 is 2.39 bits per heavy atom. The third-order valence-corrected chi connectivity index (χ3v) is 7.13. The van der Waals surface area contributed by atoms with Gasteiger partial charge in [-0.2, -0.15) is 0 Å². The summed E-state index contributed by atoms with van der Waals surface area (Å²) in [6.45, 7) is 10.9. The Morgan fingerprint density at radius 1 is 1.03 bits per heavy atom. The van der Waals surface area contributed by atoms with Crippen molar-refractivity contribution < 1.29 is 9.59 Å². The molecule has 0 spiro atoms. The van der Waals surface area contributed by atoms with Crippen molar-refractivity contribution in [1.82, 2.24) is 4.90 Å². The van der Waals surface area contributed by atoms with Gasteiger partial charge in [0.2, 0.25) is 0 Å². The molecule has 2 amide bonds. The smallest absolute Gasteiger partial charge is 0.293 e. The van der Waals surface area contributed by atoms with Gasteiger partial charge in [-0.25, -0.2) is 0 Å². The highest BCUT2D eigenvalue weighted by Gasteiger charge is 2.35. The van der Waals surface area contributed by atoms with Crippen LogP contribution in [0.2, 0.25) is 0 Å². The van der Waals surface area contributed by atoms with Crippen molar-refractivity contribution in [2.75, 3.05) is 11.9 Å². The zero-order valence-electron chi connectivity index (χ0n) is 18.9. The lowest BCUT2D eigenvalue weighted by Gasteiger charge is -2.41. The van der Waals surface area contributed by atoms with Gasteiger partial charge in [0.05, 0.1) is 17.0 Å². The number of benzene rings is 2. The summed E-state index contributed by atoms with van der Waals surface area (Å²) < 4.78 is 0. The summed E-state index contributed by atoms with van der Waals surface area (Å²) in [5.74, 6) is -0.224. The normalized spacial score (nSPS) is 19.2. The molecule has 31 heavy (non-hydrogen) atoms. The topological polar surface area (TPSA) is 40.6 Å². The highest BCUT2D eigenvalue weighted by atomic mass is 32.2. The average molecular weight is 433 g/mol. The number of nitrogens with zero attached hydrogens (tertiary/aromatic N) is 2. The van der Waals surface area contributed by atoms with Crippen LogP contribution in [0, 0.1) is 13.8 Å². The number of aryl methyl sites for hydroxylation is 2. The highest BCUT2D eigenvalue weighted by Crippen LogP contribution is 2.40. The fraction of sp³-hybridized carbons (Fsp3) is 0.308. The molecule has 0 N–H and O–H groups in total. The molecule has 2 heterocycles. The van der Waals surface area contributed by atoms with Crippen LogP contribution in [0.25, 0.3) is 11.6 Å². The molecule has 0 bridgehead atoms. The zero-order chi connectivity index (χ0) is 22.5. The van der Waals surface area contributed by atoms with Gasteiger partial charge in [-0.3, -0.25) is 14.5 Å². The summed E-state index contributed by atoms with van der Waals surface area (Å²) in [7, 11) is 2.11. The number of hydrogen-bond donors (Lipinski definition) is 0. The second-order valence-corrected chi connectivity index (χ2v) is 10.0. The van der Waals surface area contributed by atoms with Crippen molar-refractivity contribution in [3.8, 4) is 0 Å². The summed E-state index contributed by atoms with van der Waals surface area (Å²) >= 11 is 1.02. The van der Waals surface area contributed by atoms with Crippen molar-refractivity contribution in [2.45, 2.75) is 46.7 Å². The third kappa shape index (κ3) is 3.94. The number of hydrogen-bond acceptors (Lipinski definition) is 4. The van der Waals surface area contributed by atoms with Crippen molar-refractivity contribution in [1.29, 1.82) is 0 Å². The molecule has 1 saturated heterocycles. The van der Waals surface area contributed by atoms with E-state index in [2.05, 4.69) is 57.9 Å². The van der Waals surface area contributed by atoms with E-state index in [9.17, 15) is 9.59 Å². The second-order valence-electron chi connectivity index (χ2n) is 9.02. The number of thioether (sulfide) groups is 1. The Labute approximate surface area is 188 Å². The summed E-state index contributed by atoms with van der Waals surface area (Å²) in [6, 6.07) is 12.2. The molecule has 0 saturated carbocycles. The van der Waals surface area contributed by atoms with Gasteiger partial charge in [-0.05, 0) is 86.9 Å². The van der Waals surface area contributed by atoms with Crippen molar-refractivity contribution in [3.05, 3.63) is 75.2 Å². The molecule has 160 valence electrons. The van der Waals surface area contributed by atoms with Crippen LogP contribution in [0.1, 0.15) is 48.6 Å². The van der Waals surface area contributed by atoms with Gasteiger partial charge < -0.3 is 4.90 Å². The van der Waals surface area contributed by atoms with E-state index in [1.165, 1.54) is 16.2 Å². The number of allylic oxidation sites excluding steroid dienone is 1. The first-order chi connectivity index (χ1) is 14.6. The maximum Gasteiger partial charge on any atom is 0.293 e. The Hall–Kier alpha value is -2.79. The zero-order valence-corrected chi connectivity index (χ0v) is 19.8. The summed E-state index contributed by atoms with van der Waals surface area (Å²) in [5, 5.41) is -0.218. The van der Waals surface area contributed by atoms with Gasteiger partial charge in [0.1, 0.15) is 0 Å². The minimum atomic E-state index is -0.224.